The Morgan fingerprint density at radius 2 is 0.886 bits per heavy atom. The number of nitrogens with two attached hydrogens (primary N) is 6. The van der Waals surface area contributed by atoms with Gasteiger partial charge in [-0.05, 0) is 105 Å². The lowest BCUT2D eigenvalue weighted by Crippen LogP contribution is -2.53. The van der Waals surface area contributed by atoms with Gasteiger partial charge in [-0.1, -0.05) is 93.1 Å². The van der Waals surface area contributed by atoms with Crippen molar-refractivity contribution in [2.45, 2.75) is 173 Å². The van der Waals surface area contributed by atoms with Crippen LogP contribution in [0, 0.1) is 59.1 Å². The van der Waals surface area contributed by atoms with E-state index in [2.05, 4.69) is 70.4 Å². The van der Waals surface area contributed by atoms with Crippen LogP contribution >= 0.6 is 22.8 Å². The number of halogens is 1. The van der Waals surface area contributed by atoms with Gasteiger partial charge in [0.1, 0.15) is 64.8 Å². The summed E-state index contributed by atoms with van der Waals surface area (Å²) in [6.07, 6.45) is -13.9. The van der Waals surface area contributed by atoms with Crippen LogP contribution in [0.3, 0.4) is 0 Å². The van der Waals surface area contributed by atoms with Crippen molar-refractivity contribution >= 4 is 91.8 Å². The Bertz CT molecular complexity index is 6050. The number of para-hydroxylation sites is 3. The molecular formula is C80H100FN16O23P3. The van der Waals surface area contributed by atoms with Gasteiger partial charge in [0.15, 0.2) is 58.1 Å². The van der Waals surface area contributed by atoms with E-state index in [1.807, 2.05) is 0 Å². The van der Waals surface area contributed by atoms with Gasteiger partial charge in [0.05, 0.1) is 100 Å². The molecule has 6 aromatic heterocycles. The highest BCUT2D eigenvalue weighted by Crippen LogP contribution is 2.55. The molecular weight excluding hydrogens is 1660 g/mol. The number of nitrogens with one attached hydrogen (secondary N) is 2. The molecule has 0 saturated carbocycles. The van der Waals surface area contributed by atoms with Crippen LogP contribution in [0.1, 0.15) is 110 Å². The fraction of sp³-hybridized carbons (Fsp3) is 0.450. The minimum Gasteiger partial charge on any atom is -0.463 e. The fourth-order valence-electron chi connectivity index (χ4n) is 12.8. The summed E-state index contributed by atoms with van der Waals surface area (Å²) in [5.74, 6) is 9.20. The molecule has 0 spiro atoms. The van der Waals surface area contributed by atoms with E-state index in [-0.39, 0.29) is 57.4 Å². The number of imidazole rings is 1. The van der Waals surface area contributed by atoms with E-state index < -0.39 is 209 Å². The molecule has 3 aliphatic heterocycles. The smallest absolute Gasteiger partial charge is 0.380 e. The largest absolute Gasteiger partial charge is 0.463 e. The van der Waals surface area contributed by atoms with Gasteiger partial charge in [-0.3, -0.25) is 56.6 Å². The number of carbonyl (C=O) groups excluding carboxylic acids is 3. The Kier molecular flexibility index (Phi) is 27.7. The number of aromatic amines is 2. The monoisotopic (exact) mass is 1770 g/mol. The second kappa shape index (κ2) is 39.7. The number of esters is 3. The number of aliphatic hydroxyl groups is 3. The summed E-state index contributed by atoms with van der Waals surface area (Å²) in [5.41, 5.74) is 29.6. The van der Waals surface area contributed by atoms with Gasteiger partial charge in [0.25, 0.3) is 11.1 Å². The van der Waals surface area contributed by atoms with Crippen LogP contribution in [0.5, 0.6) is 17.2 Å². The van der Waals surface area contributed by atoms with E-state index in [0.717, 1.165) is 10.8 Å². The van der Waals surface area contributed by atoms with Crippen LogP contribution in [-0.2, 0) is 70.1 Å². The summed E-state index contributed by atoms with van der Waals surface area (Å²) in [4.78, 5) is 87.4. The van der Waals surface area contributed by atoms with Gasteiger partial charge < -0.3 is 96.3 Å². The van der Waals surface area contributed by atoms with Crippen molar-refractivity contribution in [2.75, 3.05) is 55.4 Å². The zero-order valence-electron chi connectivity index (χ0n) is 74.6. The predicted octanol–water partition coefficient (Wildman–Crippen LogP) is 6.73. The van der Waals surface area contributed by atoms with Crippen LogP contribution in [0.15, 0.2) is 132 Å². The first-order valence-electron chi connectivity index (χ1n) is 41.1. The zero-order chi connectivity index (χ0) is 95.2. The average Bonchev–Trinajstić information content (AvgIpc) is 1.58. The minimum absolute atomic E-state index is 0.0453. The highest BCUT2D eigenvalue weighted by Gasteiger charge is 2.58. The number of aliphatic hydroxyl groups excluding tert-OH is 3. The number of carbonyl (C=O) groups is 3. The number of fused-ring (bicyclic) bond motifs is 3. The number of benzene rings is 3. The van der Waals surface area contributed by atoms with Gasteiger partial charge in [-0.2, -0.15) is 15.0 Å². The van der Waals surface area contributed by atoms with Crippen molar-refractivity contribution in [3.05, 3.63) is 149 Å². The molecule has 3 aliphatic rings. The van der Waals surface area contributed by atoms with Gasteiger partial charge >= 0.3 is 40.7 Å². The molecule has 0 bridgehead atoms. The Balaban J connectivity index is 0.000000201. The summed E-state index contributed by atoms with van der Waals surface area (Å²) in [6.45, 7) is 9.44. The third-order valence-corrected chi connectivity index (χ3v) is 24.0. The number of hydrogen-bond donors (Lipinski definition) is 11. The quantitative estimate of drug-likeness (QED) is 0.00962. The predicted molar refractivity (Wildman–Crippen MR) is 448 cm³/mol. The lowest BCUT2D eigenvalue weighted by Gasteiger charge is -2.28. The zero-order valence-corrected chi connectivity index (χ0v) is 71.3. The standard InChI is InChI=1S/C27H33FN5O8P.C27H34N5O8P.C26H33N6O7P/c1-5-11-27(30)21(34)19(40-25(27)33-12-18(28)20-22(33)31-26(29)32-23(20)35)13-38-42(37,41-17-9-7-6-8-10-17)14-16(4)24(36)39-15(2)3;1-5-12-27(29)21(33)20(39-25(27)32-13-11-19-22(32)30-26(28)31-23(19)34)14-37-41(36,40-18-9-7-6-8-10-18)15-17(4)24(35)38-16(2)3;1-5-11-26(28)21(33)20(38-24(26)32-15-30-19-12-29-25(27)31-22(19)32)13-36-40(35,39-18-9-7-6-8-10-18)14-17(4)23(34)37-16(2)3/h6-10,12,15-16,19,21,25,34H,13-14,30H2,1-4H3,(H3,29,31,32,35);6-11,13,16-17,20-21,25,33H,14-15,29H2,1-4H3,(H3,28,30,31,34);6-10,12,15-17,20-21,24,33H,13-14,28H2,1-4H3,(H2,27,29,31)/t16-,19-,21+,25-,27?,42+;17-,20-,21+,25-,27?,41+;17-,20-,21+,24-,26?,40+/m111/s1/i13D2;14D2;13D2. The van der Waals surface area contributed by atoms with Crippen LogP contribution in [0.25, 0.3) is 33.2 Å². The summed E-state index contributed by atoms with van der Waals surface area (Å²) in [7, 11) is -13.6. The first-order valence-corrected chi connectivity index (χ1v) is 43.3. The number of nitrogens with zero attached hydrogens (tertiary/aromatic N) is 8. The second-order valence-electron chi connectivity index (χ2n) is 29.4. The number of H-pyrrole nitrogens is 2. The third kappa shape index (κ3) is 22.2. The Morgan fingerprint density at radius 1 is 0.528 bits per heavy atom. The van der Waals surface area contributed by atoms with Crippen molar-refractivity contribution in [3.63, 3.8) is 0 Å². The number of aromatic nitrogens is 10. The molecule has 12 rings (SSSR count). The summed E-state index contributed by atoms with van der Waals surface area (Å²) < 4.78 is 181. The van der Waals surface area contributed by atoms with E-state index in [0.29, 0.717) is 5.52 Å². The first-order chi connectivity index (χ1) is 60.3. The van der Waals surface area contributed by atoms with Gasteiger partial charge in [-0.15, -0.1) is 17.8 Å². The van der Waals surface area contributed by atoms with E-state index in [9.17, 15) is 57.4 Å². The minimum atomic E-state index is -4.58. The van der Waals surface area contributed by atoms with Crippen molar-refractivity contribution in [1.29, 1.82) is 0 Å². The van der Waals surface area contributed by atoms with E-state index in [1.54, 1.807) is 96.1 Å². The maximum absolute atomic E-state index is 14.9. The Morgan fingerprint density at radius 3 is 1.26 bits per heavy atom. The number of rotatable bonds is 30. The maximum atomic E-state index is 14.9. The normalized spacial score (nSPS) is 25.5. The highest BCUT2D eigenvalue weighted by atomic mass is 31.2. The highest BCUT2D eigenvalue weighted by molar-refractivity contribution is 7.55. The van der Waals surface area contributed by atoms with E-state index in [4.69, 9.17) is 98.2 Å². The molecule has 43 heteroatoms. The van der Waals surface area contributed by atoms with Gasteiger partial charge in [-0.25, -0.2) is 28.1 Å². The number of nitrogen functional groups attached to an aromatic ring is 3. The number of hydrogen-bond acceptors (Lipinski definition) is 34. The lowest BCUT2D eigenvalue weighted by molar-refractivity contribution is -0.152. The Hall–Kier alpha value is -10.9. The molecule has 0 aliphatic carbocycles. The van der Waals surface area contributed by atoms with Crippen LogP contribution in [-0.4, -0.2) is 192 Å². The maximum Gasteiger partial charge on any atom is 0.380 e. The molecule has 660 valence electrons. The molecule has 123 heavy (non-hydrogen) atoms. The molecule has 3 fully saturated rings. The lowest BCUT2D eigenvalue weighted by atomic mass is 9.91. The van der Waals surface area contributed by atoms with E-state index >= 15 is 0 Å². The molecule has 17 N–H and O–H groups in total. The fourth-order valence-corrected chi connectivity index (χ4v) is 18.0. The number of ether oxygens (including phenoxy) is 6. The van der Waals surface area contributed by atoms with Crippen molar-refractivity contribution in [2.24, 2.45) is 35.0 Å². The molecule has 0 radical (unpaired) electrons. The summed E-state index contributed by atoms with van der Waals surface area (Å²) in [6, 6.07) is 25.0. The third-order valence-electron chi connectivity index (χ3n) is 18.4. The van der Waals surface area contributed by atoms with Crippen LogP contribution in [0.4, 0.5) is 22.2 Å². The SMILES string of the molecule is [2H]C([2H])(O[P@@](=O)(C[C@@H](C)C(=O)OC(C)C)Oc1ccccc1)[C@H]1O[C@@H](n2cc(F)c3c(=O)[nH]c(N)nc32)C(N)(C#CC)[C@H]1O.[2H]C([2H])(O[P@@](=O)(C[C@@H](C)C(=O)OC(C)C)Oc1ccccc1)[C@H]1O[C@@H](n2ccc3c(=O)[nH]c(N)nc32)C(N)(C#CC)[C@H]1O.[2H]C([2H])(O[P@@](=O)(C[C@@H](C)C(=O)OC(C)C)Oc1ccccc1)[C@H]1O[C@@H](n2cnc3cnc(N)nc32)C(N)(C#CC)[C@H]1O. The van der Waals surface area contributed by atoms with Gasteiger partial charge in [0, 0.05) is 12.4 Å². The van der Waals surface area contributed by atoms with Crippen molar-refractivity contribution < 1.29 is 112 Å². The van der Waals surface area contributed by atoms with Crippen molar-refractivity contribution in [1.82, 2.24) is 48.6 Å². The molecule has 9 aromatic rings. The molecule has 3 unspecified atom stereocenters. The molecule has 3 saturated heterocycles. The molecule has 39 nitrogen and oxygen atoms in total. The van der Waals surface area contributed by atoms with Crippen LogP contribution in [0.2, 0.25) is 0 Å². The summed E-state index contributed by atoms with van der Waals surface area (Å²) in [5, 5.41) is 33.7. The first kappa shape index (κ1) is 85.6. The molecule has 0 amide bonds. The van der Waals surface area contributed by atoms with Crippen molar-refractivity contribution in [3.8, 4) is 52.8 Å². The van der Waals surface area contributed by atoms with Crippen LogP contribution < -0.4 is 59.1 Å². The average molecular weight is 1770 g/mol. The number of anilines is 3. The molecule has 3 aromatic carbocycles. The van der Waals surface area contributed by atoms with Gasteiger partial charge in [0.2, 0.25) is 17.8 Å². The molecule has 18 atom stereocenters. The second-order valence-corrected chi connectivity index (χ2v) is 35.3. The molecule has 9 heterocycles. The topological polar surface area (TPSA) is 575 Å². The van der Waals surface area contributed by atoms with E-state index in [1.165, 1.54) is 112 Å². The Labute approximate surface area is 714 Å². The summed E-state index contributed by atoms with van der Waals surface area (Å²) >= 11 is 0.